The molecule has 1 aromatic heterocycles. The molecule has 2 aromatic rings. The van der Waals surface area contributed by atoms with E-state index in [1.54, 1.807) is 24.2 Å². The molecule has 112 valence electrons. The fraction of sp³-hybridized carbons (Fsp3) is 0.333. The van der Waals surface area contributed by atoms with E-state index >= 15 is 0 Å². The van der Waals surface area contributed by atoms with Gasteiger partial charge in [-0.05, 0) is 24.6 Å². The van der Waals surface area contributed by atoms with Crippen molar-refractivity contribution in [2.75, 3.05) is 7.05 Å². The molecule has 0 aliphatic rings. The molecular weight excluding hydrogens is 289 g/mol. The first-order chi connectivity index (χ1) is 9.97. The number of halogens is 1. The predicted octanol–water partition coefficient (Wildman–Crippen LogP) is 2.70. The summed E-state index contributed by atoms with van der Waals surface area (Å²) in [7, 11) is 3.62. The van der Waals surface area contributed by atoms with Crippen LogP contribution in [0.5, 0.6) is 0 Å². The van der Waals surface area contributed by atoms with E-state index in [4.69, 9.17) is 0 Å². The number of imidazole rings is 1. The first-order valence-electron chi connectivity index (χ1n) is 6.61. The molecule has 1 amide bonds. The van der Waals surface area contributed by atoms with Gasteiger partial charge in [0.2, 0.25) is 5.91 Å². The van der Waals surface area contributed by atoms with Crippen LogP contribution in [0.1, 0.15) is 12.5 Å². The Balaban J connectivity index is 1.97. The monoisotopic (exact) mass is 307 g/mol. The van der Waals surface area contributed by atoms with Crippen molar-refractivity contribution in [3.63, 3.8) is 0 Å². The third kappa shape index (κ3) is 4.07. The number of benzene rings is 1. The first kappa shape index (κ1) is 15.6. The van der Waals surface area contributed by atoms with Crippen LogP contribution in [0, 0.1) is 5.82 Å². The molecule has 6 heteroatoms. The fourth-order valence-electron chi connectivity index (χ4n) is 1.97. The van der Waals surface area contributed by atoms with Crippen LogP contribution in [0.2, 0.25) is 0 Å². The maximum Gasteiger partial charge on any atom is 0.235 e. The van der Waals surface area contributed by atoms with Crippen LogP contribution in [0.4, 0.5) is 4.39 Å². The number of carbonyl (C=O) groups is 1. The van der Waals surface area contributed by atoms with E-state index in [9.17, 15) is 9.18 Å². The molecular formula is C15H18FN3OS. The topological polar surface area (TPSA) is 38.1 Å². The second kappa shape index (κ2) is 6.76. The summed E-state index contributed by atoms with van der Waals surface area (Å²) in [6.45, 7) is 2.24. The Morgan fingerprint density at radius 3 is 2.90 bits per heavy atom. The van der Waals surface area contributed by atoms with Gasteiger partial charge in [0.25, 0.3) is 0 Å². The van der Waals surface area contributed by atoms with Crippen LogP contribution in [-0.4, -0.2) is 32.7 Å². The Bertz CT molecular complexity index is 629. The van der Waals surface area contributed by atoms with Crippen molar-refractivity contribution >= 4 is 17.7 Å². The lowest BCUT2D eigenvalue weighted by atomic mass is 10.2. The third-order valence-electron chi connectivity index (χ3n) is 3.09. The number of nitrogens with zero attached hydrogens (tertiary/aromatic N) is 3. The molecule has 0 saturated carbocycles. The van der Waals surface area contributed by atoms with Crippen LogP contribution < -0.4 is 0 Å². The Labute approximate surface area is 128 Å². The van der Waals surface area contributed by atoms with E-state index in [1.165, 1.54) is 23.9 Å². The van der Waals surface area contributed by atoms with Crippen molar-refractivity contribution in [3.8, 4) is 0 Å². The molecule has 0 aliphatic heterocycles. The normalized spacial score (nSPS) is 12.2. The lowest BCUT2D eigenvalue weighted by Crippen LogP contribution is -2.32. The lowest BCUT2D eigenvalue weighted by molar-refractivity contribution is -0.129. The average Bonchev–Trinajstić information content (AvgIpc) is 2.83. The first-order valence-corrected chi connectivity index (χ1v) is 7.48. The van der Waals surface area contributed by atoms with Gasteiger partial charge in [-0.2, -0.15) is 0 Å². The van der Waals surface area contributed by atoms with Crippen LogP contribution in [0.15, 0.2) is 41.8 Å². The quantitative estimate of drug-likeness (QED) is 0.797. The summed E-state index contributed by atoms with van der Waals surface area (Å²) in [6.07, 6.45) is 3.55. The molecule has 0 saturated heterocycles. The molecule has 1 aromatic carbocycles. The highest BCUT2D eigenvalue weighted by atomic mass is 32.2. The summed E-state index contributed by atoms with van der Waals surface area (Å²) >= 11 is 1.41. The Morgan fingerprint density at radius 1 is 1.52 bits per heavy atom. The Hall–Kier alpha value is -1.82. The molecule has 0 spiro atoms. The molecule has 0 radical (unpaired) electrons. The minimum absolute atomic E-state index is 0.00717. The summed E-state index contributed by atoms with van der Waals surface area (Å²) in [6, 6.07) is 6.30. The van der Waals surface area contributed by atoms with Crippen LogP contribution >= 0.6 is 11.8 Å². The minimum Gasteiger partial charge on any atom is -0.340 e. The standard InChI is InChI=1S/C15H18FN3OS/c1-11(21-15-17-7-8-18(15)2)14(20)19(3)10-12-5-4-6-13(16)9-12/h4-9,11H,10H2,1-3H3. The Morgan fingerprint density at radius 2 is 2.29 bits per heavy atom. The number of hydrogen-bond acceptors (Lipinski definition) is 3. The molecule has 2 rings (SSSR count). The van der Waals surface area contributed by atoms with Gasteiger partial charge in [0.05, 0.1) is 5.25 Å². The van der Waals surface area contributed by atoms with Gasteiger partial charge in [-0.3, -0.25) is 4.79 Å². The van der Waals surface area contributed by atoms with Gasteiger partial charge >= 0.3 is 0 Å². The zero-order valence-electron chi connectivity index (χ0n) is 12.3. The van der Waals surface area contributed by atoms with Gasteiger partial charge in [0.1, 0.15) is 5.82 Å². The number of carbonyl (C=O) groups excluding carboxylic acids is 1. The van der Waals surface area contributed by atoms with Crippen LogP contribution in [0.3, 0.4) is 0 Å². The molecule has 0 N–H and O–H groups in total. The maximum absolute atomic E-state index is 13.2. The number of aryl methyl sites for hydroxylation is 1. The maximum atomic E-state index is 13.2. The number of hydrogen-bond donors (Lipinski definition) is 0. The highest BCUT2D eigenvalue weighted by Gasteiger charge is 2.20. The van der Waals surface area contributed by atoms with Crippen molar-refractivity contribution in [2.45, 2.75) is 23.9 Å². The van der Waals surface area contributed by atoms with Gasteiger partial charge in [-0.15, -0.1) is 0 Å². The van der Waals surface area contributed by atoms with Gasteiger partial charge in [-0.1, -0.05) is 23.9 Å². The zero-order valence-corrected chi connectivity index (χ0v) is 13.1. The van der Waals surface area contributed by atoms with Crippen molar-refractivity contribution in [3.05, 3.63) is 48.0 Å². The average molecular weight is 307 g/mol. The highest BCUT2D eigenvalue weighted by molar-refractivity contribution is 8.00. The van der Waals surface area contributed by atoms with E-state index in [2.05, 4.69) is 4.98 Å². The van der Waals surface area contributed by atoms with E-state index in [1.807, 2.05) is 30.8 Å². The molecule has 4 nitrogen and oxygen atoms in total. The number of aromatic nitrogens is 2. The second-order valence-electron chi connectivity index (χ2n) is 4.91. The van der Waals surface area contributed by atoms with Gasteiger partial charge in [-0.25, -0.2) is 9.37 Å². The number of rotatable bonds is 5. The fourth-order valence-corrected chi connectivity index (χ4v) is 2.92. The van der Waals surface area contributed by atoms with E-state index < -0.39 is 0 Å². The molecule has 1 atom stereocenters. The smallest absolute Gasteiger partial charge is 0.235 e. The molecule has 0 aliphatic carbocycles. The lowest BCUT2D eigenvalue weighted by Gasteiger charge is -2.21. The summed E-state index contributed by atoms with van der Waals surface area (Å²) in [5.74, 6) is -0.295. The van der Waals surface area contributed by atoms with E-state index in [0.717, 1.165) is 10.7 Å². The number of amides is 1. The summed E-state index contributed by atoms with van der Waals surface area (Å²) < 4.78 is 15.0. The zero-order chi connectivity index (χ0) is 15.4. The van der Waals surface area contributed by atoms with Gasteiger partial charge in [0, 0.05) is 33.0 Å². The van der Waals surface area contributed by atoms with Crippen LogP contribution in [0.25, 0.3) is 0 Å². The molecule has 21 heavy (non-hydrogen) atoms. The predicted molar refractivity (Wildman–Crippen MR) is 81.4 cm³/mol. The molecule has 1 unspecified atom stereocenters. The van der Waals surface area contributed by atoms with Gasteiger partial charge < -0.3 is 9.47 Å². The van der Waals surface area contributed by atoms with Crippen molar-refractivity contribution < 1.29 is 9.18 Å². The third-order valence-corrected chi connectivity index (χ3v) is 4.25. The molecule has 0 fully saturated rings. The SMILES string of the molecule is CC(Sc1nccn1C)C(=O)N(C)Cc1cccc(F)c1. The Kier molecular flexibility index (Phi) is 5.01. The van der Waals surface area contributed by atoms with Gasteiger partial charge in [0.15, 0.2) is 5.16 Å². The summed E-state index contributed by atoms with van der Waals surface area (Å²) in [5.41, 5.74) is 0.778. The van der Waals surface area contributed by atoms with Crippen molar-refractivity contribution in [1.82, 2.24) is 14.5 Å². The van der Waals surface area contributed by atoms with Crippen molar-refractivity contribution in [2.24, 2.45) is 7.05 Å². The minimum atomic E-state index is -0.288. The second-order valence-corrected chi connectivity index (χ2v) is 6.21. The molecule has 0 bridgehead atoms. The summed E-state index contributed by atoms with van der Waals surface area (Å²) in [5, 5.41) is 0.555. The van der Waals surface area contributed by atoms with E-state index in [0.29, 0.717) is 6.54 Å². The summed E-state index contributed by atoms with van der Waals surface area (Å²) in [4.78, 5) is 18.1. The van der Waals surface area contributed by atoms with E-state index in [-0.39, 0.29) is 17.0 Å². The highest BCUT2D eigenvalue weighted by Crippen LogP contribution is 2.22. The van der Waals surface area contributed by atoms with Crippen LogP contribution in [-0.2, 0) is 18.4 Å². The molecule has 1 heterocycles. The van der Waals surface area contributed by atoms with Crippen molar-refractivity contribution in [1.29, 1.82) is 0 Å². The number of thioether (sulfide) groups is 1. The largest absolute Gasteiger partial charge is 0.340 e.